The van der Waals surface area contributed by atoms with Gasteiger partial charge in [0.15, 0.2) is 0 Å². The van der Waals surface area contributed by atoms with E-state index in [0.29, 0.717) is 5.84 Å². The van der Waals surface area contributed by atoms with Crippen LogP contribution in [0.5, 0.6) is 0 Å². The summed E-state index contributed by atoms with van der Waals surface area (Å²) in [6.45, 7) is 0.155. The topological polar surface area (TPSA) is 56.1 Å². The van der Waals surface area contributed by atoms with Crippen molar-refractivity contribution in [1.82, 2.24) is 5.32 Å². The molecule has 4 heteroatoms. The molecular formula is C5H11ClN2O. The van der Waals surface area contributed by atoms with Gasteiger partial charge in [0, 0.05) is 6.42 Å². The van der Waals surface area contributed by atoms with Crippen molar-refractivity contribution in [2.45, 2.75) is 18.9 Å². The molecule has 0 amide bonds. The lowest BCUT2D eigenvalue weighted by Crippen LogP contribution is -2.27. The molecule has 1 atom stereocenters. The van der Waals surface area contributed by atoms with E-state index in [2.05, 4.69) is 5.32 Å². The normalized spacial score (nSPS) is 25.0. The van der Waals surface area contributed by atoms with E-state index in [1.807, 2.05) is 0 Å². The maximum atomic E-state index is 8.52. The van der Waals surface area contributed by atoms with Crippen LogP contribution in [0, 0.1) is 5.41 Å². The van der Waals surface area contributed by atoms with Gasteiger partial charge in [-0.2, -0.15) is 0 Å². The first kappa shape index (κ1) is 8.72. The Balaban J connectivity index is 0.000000640. The second kappa shape index (κ2) is 3.69. The Bertz CT molecular complexity index is 107. The fraction of sp³-hybridized carbons (Fsp3) is 0.800. The number of amidine groups is 1. The van der Waals surface area contributed by atoms with Crippen LogP contribution in [-0.4, -0.2) is 23.6 Å². The maximum absolute atomic E-state index is 8.52. The number of aliphatic hydroxyl groups is 1. The summed E-state index contributed by atoms with van der Waals surface area (Å²) in [5.41, 5.74) is 0. The molecule has 0 bridgehead atoms. The van der Waals surface area contributed by atoms with Crippen molar-refractivity contribution in [3.05, 3.63) is 0 Å². The predicted molar refractivity (Wildman–Crippen MR) is 38.2 cm³/mol. The molecule has 0 radical (unpaired) electrons. The second-order valence-electron chi connectivity index (χ2n) is 2.04. The number of nitrogens with one attached hydrogen (secondary N) is 2. The highest BCUT2D eigenvalue weighted by molar-refractivity contribution is 5.85. The third-order valence-corrected chi connectivity index (χ3v) is 1.34. The molecule has 0 saturated carbocycles. The first-order valence-corrected chi connectivity index (χ1v) is 2.77. The molecule has 3 N–H and O–H groups in total. The molecule has 1 rings (SSSR count). The molecule has 1 unspecified atom stereocenters. The smallest absolute Gasteiger partial charge is 0.0935 e. The molecule has 9 heavy (non-hydrogen) atoms. The van der Waals surface area contributed by atoms with Crippen molar-refractivity contribution in [2.75, 3.05) is 6.61 Å². The number of halogens is 1. The van der Waals surface area contributed by atoms with Crippen LogP contribution in [0.15, 0.2) is 0 Å². The summed E-state index contributed by atoms with van der Waals surface area (Å²) in [4.78, 5) is 0. The zero-order chi connectivity index (χ0) is 5.98. The van der Waals surface area contributed by atoms with Gasteiger partial charge in [-0.15, -0.1) is 12.4 Å². The predicted octanol–water partition coefficient (Wildman–Crippen LogP) is 0.130. The number of rotatable bonds is 1. The van der Waals surface area contributed by atoms with Crippen LogP contribution >= 0.6 is 12.4 Å². The van der Waals surface area contributed by atoms with Crippen LogP contribution in [0.2, 0.25) is 0 Å². The number of hydrogen-bond donors (Lipinski definition) is 3. The largest absolute Gasteiger partial charge is 0.394 e. The van der Waals surface area contributed by atoms with Gasteiger partial charge in [-0.3, -0.25) is 5.41 Å². The summed E-state index contributed by atoms with van der Waals surface area (Å²) >= 11 is 0. The van der Waals surface area contributed by atoms with Crippen molar-refractivity contribution >= 4 is 18.2 Å². The summed E-state index contributed by atoms with van der Waals surface area (Å²) in [5, 5.41) is 18.4. The van der Waals surface area contributed by atoms with Crippen molar-refractivity contribution in [3.8, 4) is 0 Å². The van der Waals surface area contributed by atoms with Crippen LogP contribution in [0.3, 0.4) is 0 Å². The molecule has 1 fully saturated rings. The van der Waals surface area contributed by atoms with E-state index >= 15 is 0 Å². The lowest BCUT2D eigenvalue weighted by molar-refractivity contribution is 0.258. The highest BCUT2D eigenvalue weighted by atomic mass is 35.5. The van der Waals surface area contributed by atoms with Crippen LogP contribution in [0.4, 0.5) is 0 Å². The Morgan fingerprint density at radius 2 is 2.44 bits per heavy atom. The molecule has 1 aliphatic rings. The van der Waals surface area contributed by atoms with Gasteiger partial charge < -0.3 is 10.4 Å². The molecule has 1 heterocycles. The summed E-state index contributed by atoms with van der Waals surface area (Å²) < 4.78 is 0. The minimum absolute atomic E-state index is 0. The van der Waals surface area contributed by atoms with Gasteiger partial charge in [-0.05, 0) is 6.42 Å². The van der Waals surface area contributed by atoms with Crippen LogP contribution in [0.1, 0.15) is 12.8 Å². The summed E-state index contributed by atoms with van der Waals surface area (Å²) in [6, 6.07) is 0.155. The van der Waals surface area contributed by atoms with Gasteiger partial charge in [-0.25, -0.2) is 0 Å². The highest BCUT2D eigenvalue weighted by Gasteiger charge is 2.15. The SMILES string of the molecule is Cl.N=C1CCC(CO)N1. The van der Waals surface area contributed by atoms with Crippen molar-refractivity contribution in [3.63, 3.8) is 0 Å². The first-order valence-electron chi connectivity index (χ1n) is 2.77. The van der Waals surface area contributed by atoms with Crippen molar-refractivity contribution in [2.24, 2.45) is 0 Å². The Morgan fingerprint density at radius 3 is 2.67 bits per heavy atom. The minimum atomic E-state index is 0. The summed E-state index contributed by atoms with van der Waals surface area (Å²) in [6.07, 6.45) is 1.71. The number of aliphatic hydroxyl groups excluding tert-OH is 1. The second-order valence-corrected chi connectivity index (χ2v) is 2.04. The van der Waals surface area contributed by atoms with Crippen molar-refractivity contribution in [1.29, 1.82) is 5.41 Å². The maximum Gasteiger partial charge on any atom is 0.0935 e. The van der Waals surface area contributed by atoms with Crippen LogP contribution in [0.25, 0.3) is 0 Å². The van der Waals surface area contributed by atoms with Crippen molar-refractivity contribution < 1.29 is 5.11 Å². The van der Waals surface area contributed by atoms with E-state index in [1.54, 1.807) is 0 Å². The molecule has 1 aliphatic heterocycles. The van der Waals surface area contributed by atoms with E-state index in [4.69, 9.17) is 10.5 Å². The van der Waals surface area contributed by atoms with Gasteiger partial charge in [0.1, 0.15) is 0 Å². The first-order chi connectivity index (χ1) is 3.83. The van der Waals surface area contributed by atoms with E-state index in [1.165, 1.54) is 0 Å². The average molecular weight is 151 g/mol. The summed E-state index contributed by atoms with van der Waals surface area (Å²) in [5.74, 6) is 0.559. The molecule has 0 aromatic carbocycles. The Morgan fingerprint density at radius 1 is 1.78 bits per heavy atom. The Labute approximate surface area is 60.4 Å². The molecule has 1 saturated heterocycles. The average Bonchev–Trinajstić information content (AvgIpc) is 2.14. The van der Waals surface area contributed by atoms with Gasteiger partial charge >= 0.3 is 0 Å². The molecule has 0 spiro atoms. The zero-order valence-corrected chi connectivity index (χ0v) is 5.87. The molecule has 0 aromatic rings. The summed E-state index contributed by atoms with van der Waals surface area (Å²) in [7, 11) is 0. The lowest BCUT2D eigenvalue weighted by Gasteiger charge is -2.03. The van der Waals surface area contributed by atoms with Crippen LogP contribution in [-0.2, 0) is 0 Å². The molecule has 0 aliphatic carbocycles. The molecule has 54 valence electrons. The van der Waals surface area contributed by atoms with E-state index < -0.39 is 0 Å². The molecular weight excluding hydrogens is 140 g/mol. The Hall–Kier alpha value is -0.280. The van der Waals surface area contributed by atoms with Crippen LogP contribution < -0.4 is 5.32 Å². The molecule has 3 nitrogen and oxygen atoms in total. The monoisotopic (exact) mass is 150 g/mol. The van der Waals surface area contributed by atoms with E-state index in [0.717, 1.165) is 12.8 Å². The third-order valence-electron chi connectivity index (χ3n) is 1.34. The standard InChI is InChI=1S/C5H10N2O.ClH/c6-5-2-1-4(3-8)7-5;/h4,8H,1-3H2,(H2,6,7);1H. The number of hydrogen-bond acceptors (Lipinski definition) is 2. The quantitative estimate of drug-likeness (QED) is 0.498. The van der Waals surface area contributed by atoms with Gasteiger partial charge in [-0.1, -0.05) is 0 Å². The van der Waals surface area contributed by atoms with Gasteiger partial charge in [0.2, 0.25) is 0 Å². The zero-order valence-electron chi connectivity index (χ0n) is 5.05. The highest BCUT2D eigenvalue weighted by Crippen LogP contribution is 2.04. The molecule has 0 aromatic heterocycles. The van der Waals surface area contributed by atoms with Gasteiger partial charge in [0.25, 0.3) is 0 Å². The minimum Gasteiger partial charge on any atom is -0.394 e. The fourth-order valence-electron chi connectivity index (χ4n) is 0.846. The fourth-order valence-corrected chi connectivity index (χ4v) is 0.846. The lowest BCUT2D eigenvalue weighted by atomic mass is 10.2. The van der Waals surface area contributed by atoms with E-state index in [-0.39, 0.29) is 25.1 Å². The third kappa shape index (κ3) is 2.20. The van der Waals surface area contributed by atoms with E-state index in [9.17, 15) is 0 Å². The van der Waals surface area contributed by atoms with Gasteiger partial charge in [0.05, 0.1) is 18.5 Å². The Kier molecular flexibility index (Phi) is 3.58.